The standard InChI is InChI=1S/C35H27O7P.C7H8O.C3H8.6C2H6/c1-24(36)39-28-20-16-25(17-21-28)35(2,26-18-22-29(23-19-26)41-34(37)40-27-10-4-3-5-11-27)43(38)33-15-9-7-13-31(33)30-12-6-8-14-32(30)42-43;1-8-7-5-3-2-4-6-7;1-3-2;6*1-2/h3-23H,1-2H3;2-6H,1H3;3H2,1-2H3;6*1-2H3. The molecule has 1 heterocycles. The fraction of sp³-hybridized carbons (Fsp3) is 0.333. The molecule has 0 amide bonds. The van der Waals surface area contributed by atoms with Gasteiger partial charge in [0.25, 0.3) is 7.37 Å². The summed E-state index contributed by atoms with van der Waals surface area (Å²) in [6.07, 6.45) is 0.372. The maximum Gasteiger partial charge on any atom is 0.519 e. The molecule has 0 spiro atoms. The van der Waals surface area contributed by atoms with Gasteiger partial charge in [0.05, 0.1) is 12.4 Å². The first kappa shape index (κ1) is 62.0. The van der Waals surface area contributed by atoms with Crippen LogP contribution in [0.25, 0.3) is 11.1 Å². The number of carbonyl (C=O) groups excluding carboxylic acids is 2. The predicted molar refractivity (Wildman–Crippen MR) is 281 cm³/mol. The lowest BCUT2D eigenvalue weighted by Gasteiger charge is -2.41. The molecule has 1 aliphatic rings. The minimum Gasteiger partial charge on any atom is -0.497 e. The summed E-state index contributed by atoms with van der Waals surface area (Å²) in [5.41, 5.74) is 3.03. The largest absolute Gasteiger partial charge is 0.519 e. The highest BCUT2D eigenvalue weighted by molar-refractivity contribution is 7.69. The van der Waals surface area contributed by atoms with Crippen molar-refractivity contribution < 1.29 is 37.6 Å². The average molecular weight is 923 g/mol. The van der Waals surface area contributed by atoms with E-state index in [2.05, 4.69) is 13.8 Å². The third kappa shape index (κ3) is 18.0. The van der Waals surface area contributed by atoms with Crippen LogP contribution in [0.1, 0.15) is 128 Å². The van der Waals surface area contributed by atoms with Crippen LogP contribution in [0.5, 0.6) is 28.7 Å². The third-order valence-electron chi connectivity index (χ3n) is 8.43. The fourth-order valence-corrected chi connectivity index (χ4v) is 8.84. The zero-order chi connectivity index (χ0) is 50.6. The first-order valence-corrected chi connectivity index (χ1v) is 25.2. The van der Waals surface area contributed by atoms with E-state index in [0.29, 0.717) is 33.7 Å². The second-order valence-electron chi connectivity index (χ2n) is 12.4. The molecule has 9 heteroatoms. The minimum atomic E-state index is -3.77. The van der Waals surface area contributed by atoms with Crippen LogP contribution in [0.2, 0.25) is 0 Å². The molecule has 0 bridgehead atoms. The second-order valence-corrected chi connectivity index (χ2v) is 15.0. The van der Waals surface area contributed by atoms with E-state index < -0.39 is 24.6 Å². The summed E-state index contributed by atoms with van der Waals surface area (Å²) in [5.74, 6) is 1.98. The van der Waals surface area contributed by atoms with Crippen LogP contribution in [0.15, 0.2) is 158 Å². The van der Waals surface area contributed by atoms with E-state index in [-0.39, 0.29) is 5.75 Å². The Kier molecular flexibility index (Phi) is 33.9. The van der Waals surface area contributed by atoms with Gasteiger partial charge in [-0.25, -0.2) is 4.79 Å². The number of esters is 1. The Morgan fingerprint density at radius 1 is 0.485 bits per heavy atom. The molecular formula is C57H79O8P. The molecule has 66 heavy (non-hydrogen) atoms. The maximum absolute atomic E-state index is 15.6. The molecule has 6 aromatic rings. The van der Waals surface area contributed by atoms with Gasteiger partial charge >= 0.3 is 12.1 Å². The molecule has 0 saturated carbocycles. The molecule has 7 rings (SSSR count). The Bertz CT molecular complexity index is 2190. The second kappa shape index (κ2) is 36.1. The quantitative estimate of drug-likeness (QED) is 0.0676. The molecule has 360 valence electrons. The van der Waals surface area contributed by atoms with E-state index in [4.69, 9.17) is 23.5 Å². The van der Waals surface area contributed by atoms with Gasteiger partial charge in [0.2, 0.25) is 0 Å². The summed E-state index contributed by atoms with van der Waals surface area (Å²) in [7, 11) is -2.11. The molecule has 0 aromatic heterocycles. The van der Waals surface area contributed by atoms with E-state index in [1.165, 1.54) is 13.3 Å². The molecule has 0 aliphatic carbocycles. The van der Waals surface area contributed by atoms with E-state index >= 15 is 4.57 Å². The van der Waals surface area contributed by atoms with Crippen molar-refractivity contribution >= 4 is 24.8 Å². The van der Waals surface area contributed by atoms with Gasteiger partial charge in [0.15, 0.2) is 0 Å². The summed E-state index contributed by atoms with van der Waals surface area (Å²) in [6, 6.07) is 47.1. The molecule has 8 nitrogen and oxygen atoms in total. The number of benzene rings is 6. The topological polar surface area (TPSA) is 97.4 Å². The van der Waals surface area contributed by atoms with Crippen LogP contribution in [0, 0.1) is 0 Å². The van der Waals surface area contributed by atoms with Gasteiger partial charge in [0.1, 0.15) is 33.9 Å². The number of methoxy groups -OCH3 is 1. The van der Waals surface area contributed by atoms with Crippen LogP contribution >= 0.6 is 7.37 Å². The average Bonchev–Trinajstić information content (AvgIpc) is 3.38. The number of hydrogen-bond donors (Lipinski definition) is 0. The lowest BCUT2D eigenvalue weighted by molar-refractivity contribution is -0.131. The molecule has 0 fully saturated rings. The summed E-state index contributed by atoms with van der Waals surface area (Å²) in [4.78, 5) is 23.9. The van der Waals surface area contributed by atoms with E-state index in [0.717, 1.165) is 16.9 Å². The molecule has 2 unspecified atom stereocenters. The third-order valence-corrected chi connectivity index (χ3v) is 11.6. The van der Waals surface area contributed by atoms with Crippen molar-refractivity contribution in [2.24, 2.45) is 0 Å². The van der Waals surface area contributed by atoms with Crippen LogP contribution in [-0.2, 0) is 14.5 Å². The smallest absolute Gasteiger partial charge is 0.497 e. The van der Waals surface area contributed by atoms with Crippen molar-refractivity contribution in [3.8, 4) is 39.9 Å². The Morgan fingerprint density at radius 3 is 1.24 bits per heavy atom. The first-order chi connectivity index (χ1) is 32.1. The molecule has 1 aliphatic heterocycles. The van der Waals surface area contributed by atoms with Crippen LogP contribution in [0.3, 0.4) is 0 Å². The monoisotopic (exact) mass is 923 g/mol. The van der Waals surface area contributed by atoms with Crippen LogP contribution < -0.4 is 28.8 Å². The molecular weight excluding hydrogens is 844 g/mol. The van der Waals surface area contributed by atoms with Crippen LogP contribution in [0.4, 0.5) is 4.79 Å². The van der Waals surface area contributed by atoms with Crippen molar-refractivity contribution in [3.05, 3.63) is 169 Å². The van der Waals surface area contributed by atoms with Gasteiger partial charge in [-0.3, -0.25) is 9.36 Å². The predicted octanol–water partition coefficient (Wildman–Crippen LogP) is 17.4. The van der Waals surface area contributed by atoms with Gasteiger partial charge in [-0.15, -0.1) is 0 Å². The Morgan fingerprint density at radius 2 is 0.833 bits per heavy atom. The highest BCUT2D eigenvalue weighted by Crippen LogP contribution is 2.69. The first-order valence-electron chi connectivity index (χ1n) is 23.5. The molecule has 2 atom stereocenters. The highest BCUT2D eigenvalue weighted by atomic mass is 31.2. The summed E-state index contributed by atoms with van der Waals surface area (Å²) in [5, 5.41) is -0.624. The van der Waals surface area contributed by atoms with Gasteiger partial charge < -0.3 is 23.5 Å². The van der Waals surface area contributed by atoms with Crippen molar-refractivity contribution in [3.63, 3.8) is 0 Å². The van der Waals surface area contributed by atoms with Gasteiger partial charge in [-0.05, 0) is 84.3 Å². The van der Waals surface area contributed by atoms with Gasteiger partial charge in [-0.1, -0.05) is 200 Å². The molecule has 6 aromatic carbocycles. The van der Waals surface area contributed by atoms with Crippen molar-refractivity contribution in [1.82, 2.24) is 0 Å². The number of para-hydroxylation sites is 3. The van der Waals surface area contributed by atoms with Crippen LogP contribution in [-0.4, -0.2) is 19.2 Å². The molecule has 0 radical (unpaired) electrons. The lowest BCUT2D eigenvalue weighted by Crippen LogP contribution is -2.34. The minimum absolute atomic E-state index is 0.255. The van der Waals surface area contributed by atoms with E-state index in [9.17, 15) is 9.59 Å². The summed E-state index contributed by atoms with van der Waals surface area (Å²) < 4.78 is 42.9. The number of hydrogen-bond acceptors (Lipinski definition) is 8. The molecule has 0 saturated heterocycles. The number of ether oxygens (including phenoxy) is 4. The number of rotatable bonds is 7. The number of fused-ring (bicyclic) bond motifs is 3. The molecule has 0 N–H and O–H groups in total. The van der Waals surface area contributed by atoms with Crippen molar-refractivity contribution in [2.45, 2.75) is 122 Å². The fourth-order valence-electron chi connectivity index (χ4n) is 5.87. The Labute approximate surface area is 399 Å². The summed E-state index contributed by atoms with van der Waals surface area (Å²) in [6.45, 7) is 31.5. The Balaban J connectivity index is 0. The van der Waals surface area contributed by atoms with E-state index in [1.54, 1.807) is 79.9 Å². The maximum atomic E-state index is 15.6. The SMILES string of the molecule is CC.CC.CC.CC.CC.CC.CC(=O)Oc1ccc(C(C)(c2ccc(OC(=O)Oc3ccccc3)cc2)P2(=O)Oc3ccccc3-c3ccccc32)cc1.CCC.COc1ccccc1. The van der Waals surface area contributed by atoms with Gasteiger partial charge in [-0.2, -0.15) is 0 Å². The van der Waals surface area contributed by atoms with Crippen molar-refractivity contribution in [2.75, 3.05) is 7.11 Å². The van der Waals surface area contributed by atoms with Crippen molar-refractivity contribution in [1.29, 1.82) is 0 Å². The number of carbonyl (C=O) groups is 2. The summed E-state index contributed by atoms with van der Waals surface area (Å²) >= 11 is 0. The van der Waals surface area contributed by atoms with Gasteiger partial charge in [0, 0.05) is 12.5 Å². The zero-order valence-electron chi connectivity index (χ0n) is 42.9. The normalized spacial score (nSPS) is 12.6. The zero-order valence-corrected chi connectivity index (χ0v) is 43.8. The lowest BCUT2D eigenvalue weighted by atomic mass is 9.92. The van der Waals surface area contributed by atoms with E-state index in [1.807, 2.05) is 175 Å². The Hall–Kier alpha value is -6.11. The highest BCUT2D eigenvalue weighted by Gasteiger charge is 2.53.